The molecule has 3 heterocycles. The number of anilines is 3. The van der Waals surface area contributed by atoms with Crippen LogP contribution in [-0.2, 0) is 0 Å². The molecule has 0 bridgehead atoms. The van der Waals surface area contributed by atoms with Gasteiger partial charge in [0.25, 0.3) is 0 Å². The van der Waals surface area contributed by atoms with E-state index < -0.39 is 0 Å². The molecule has 7 nitrogen and oxygen atoms in total. The highest BCUT2D eigenvalue weighted by Gasteiger charge is 2.37. The minimum atomic E-state index is 0.550. The van der Waals surface area contributed by atoms with Crippen molar-refractivity contribution in [1.29, 1.82) is 0 Å². The van der Waals surface area contributed by atoms with Crippen LogP contribution in [0, 0.1) is 0 Å². The molecule has 0 aromatic carbocycles. The lowest BCUT2D eigenvalue weighted by Gasteiger charge is -2.39. The maximum absolute atomic E-state index is 4.62. The third kappa shape index (κ3) is 3.59. The van der Waals surface area contributed by atoms with E-state index in [1.807, 2.05) is 19.0 Å². The van der Waals surface area contributed by atoms with E-state index in [1.54, 1.807) is 17.7 Å². The molecular formula is C19H27N7S. The SMILES string of the molecule is CN(C)c1cc(N(C2CC2)C2CCN(c3nnc(C4CC4)s3)CC2)ncn1. The van der Waals surface area contributed by atoms with Gasteiger partial charge < -0.3 is 14.7 Å². The van der Waals surface area contributed by atoms with Crippen LogP contribution in [0.5, 0.6) is 0 Å². The molecule has 3 aliphatic rings. The fourth-order valence-electron chi connectivity index (χ4n) is 3.93. The van der Waals surface area contributed by atoms with Gasteiger partial charge in [-0.1, -0.05) is 11.3 Å². The molecule has 2 aromatic rings. The van der Waals surface area contributed by atoms with E-state index in [1.165, 1.54) is 30.7 Å². The monoisotopic (exact) mass is 385 g/mol. The Morgan fingerprint density at radius 3 is 2.30 bits per heavy atom. The molecule has 1 saturated heterocycles. The smallest absolute Gasteiger partial charge is 0.208 e. The van der Waals surface area contributed by atoms with Gasteiger partial charge in [0.05, 0.1) is 0 Å². The summed E-state index contributed by atoms with van der Waals surface area (Å²) in [5.74, 6) is 2.76. The molecule has 1 aliphatic heterocycles. The van der Waals surface area contributed by atoms with Gasteiger partial charge in [0, 0.05) is 51.3 Å². The summed E-state index contributed by atoms with van der Waals surface area (Å²) in [7, 11) is 4.06. The van der Waals surface area contributed by atoms with Gasteiger partial charge in [-0.15, -0.1) is 10.2 Å². The predicted octanol–water partition coefficient (Wildman–Crippen LogP) is 2.91. The Kier molecular flexibility index (Phi) is 4.38. The van der Waals surface area contributed by atoms with Gasteiger partial charge in [0.15, 0.2) is 0 Å². The summed E-state index contributed by atoms with van der Waals surface area (Å²) in [4.78, 5) is 16.1. The fourth-order valence-corrected chi connectivity index (χ4v) is 5.00. The van der Waals surface area contributed by atoms with Crippen LogP contribution < -0.4 is 14.7 Å². The van der Waals surface area contributed by atoms with E-state index in [0.29, 0.717) is 18.0 Å². The molecule has 0 N–H and O–H groups in total. The van der Waals surface area contributed by atoms with Gasteiger partial charge in [-0.05, 0) is 38.5 Å². The van der Waals surface area contributed by atoms with Gasteiger partial charge >= 0.3 is 0 Å². The second-order valence-electron chi connectivity index (χ2n) is 8.18. The van der Waals surface area contributed by atoms with Crippen molar-refractivity contribution in [1.82, 2.24) is 20.2 Å². The fraction of sp³-hybridized carbons (Fsp3) is 0.684. The van der Waals surface area contributed by atoms with Crippen LogP contribution in [0.2, 0.25) is 0 Å². The van der Waals surface area contributed by atoms with Crippen LogP contribution in [0.25, 0.3) is 0 Å². The standard InChI is InChI=1S/C19H27N7S/c1-24(2)16-11-17(21-12-20-16)26(14-5-6-14)15-7-9-25(10-8-15)19-23-22-18(27-19)13-3-4-13/h11-15H,3-10H2,1-2H3. The minimum Gasteiger partial charge on any atom is -0.363 e. The topological polar surface area (TPSA) is 61.3 Å². The van der Waals surface area contributed by atoms with Crippen LogP contribution in [0.15, 0.2) is 12.4 Å². The number of aromatic nitrogens is 4. The largest absolute Gasteiger partial charge is 0.363 e. The summed E-state index contributed by atoms with van der Waals surface area (Å²) >= 11 is 1.80. The van der Waals surface area contributed by atoms with Crippen molar-refractivity contribution in [3.05, 3.63) is 17.4 Å². The molecule has 0 spiro atoms. The predicted molar refractivity (Wildman–Crippen MR) is 109 cm³/mol. The van der Waals surface area contributed by atoms with Crippen molar-refractivity contribution in [2.45, 2.75) is 56.5 Å². The zero-order valence-corrected chi connectivity index (χ0v) is 16.9. The average molecular weight is 386 g/mol. The van der Waals surface area contributed by atoms with Crippen molar-refractivity contribution in [2.75, 3.05) is 41.9 Å². The summed E-state index contributed by atoms with van der Waals surface area (Å²) < 4.78 is 0. The molecule has 8 heteroatoms. The highest BCUT2D eigenvalue weighted by molar-refractivity contribution is 7.15. The van der Waals surface area contributed by atoms with Crippen molar-refractivity contribution < 1.29 is 0 Å². The maximum Gasteiger partial charge on any atom is 0.208 e. The Morgan fingerprint density at radius 1 is 0.926 bits per heavy atom. The quantitative estimate of drug-likeness (QED) is 0.758. The van der Waals surface area contributed by atoms with E-state index in [2.05, 4.69) is 36.0 Å². The van der Waals surface area contributed by atoms with Gasteiger partial charge in [-0.2, -0.15) is 0 Å². The third-order valence-corrected chi connectivity index (χ3v) is 6.93. The van der Waals surface area contributed by atoms with E-state index in [-0.39, 0.29) is 0 Å². The number of piperidine rings is 1. The average Bonchev–Trinajstić information content (AvgIpc) is 3.63. The molecule has 0 amide bonds. The Balaban J connectivity index is 1.28. The van der Waals surface area contributed by atoms with Crippen LogP contribution >= 0.6 is 11.3 Å². The molecule has 144 valence electrons. The number of nitrogens with zero attached hydrogens (tertiary/aromatic N) is 7. The Morgan fingerprint density at radius 2 is 1.63 bits per heavy atom. The van der Waals surface area contributed by atoms with Crippen LogP contribution in [0.4, 0.5) is 16.8 Å². The van der Waals surface area contributed by atoms with Crippen molar-refractivity contribution in [2.24, 2.45) is 0 Å². The van der Waals surface area contributed by atoms with Gasteiger partial charge in [-0.3, -0.25) is 0 Å². The number of hydrogen-bond donors (Lipinski definition) is 0. The number of rotatable bonds is 6. The van der Waals surface area contributed by atoms with Crippen molar-refractivity contribution >= 4 is 28.1 Å². The van der Waals surface area contributed by atoms with E-state index in [0.717, 1.165) is 42.7 Å². The molecule has 27 heavy (non-hydrogen) atoms. The Bertz CT molecular complexity index is 791. The van der Waals surface area contributed by atoms with E-state index in [4.69, 9.17) is 0 Å². The second-order valence-corrected chi connectivity index (χ2v) is 9.17. The normalized spacial score (nSPS) is 20.7. The molecule has 2 aromatic heterocycles. The lowest BCUT2D eigenvalue weighted by molar-refractivity contribution is 0.458. The van der Waals surface area contributed by atoms with Crippen LogP contribution in [0.1, 0.15) is 49.5 Å². The first-order valence-electron chi connectivity index (χ1n) is 10.0. The van der Waals surface area contributed by atoms with Crippen molar-refractivity contribution in [3.8, 4) is 0 Å². The van der Waals surface area contributed by atoms with Gasteiger partial charge in [0.1, 0.15) is 23.0 Å². The Labute approximate surface area is 164 Å². The summed E-state index contributed by atoms with van der Waals surface area (Å²) in [5, 5.41) is 11.2. The zero-order chi connectivity index (χ0) is 18.4. The van der Waals surface area contributed by atoms with Gasteiger partial charge in [0.2, 0.25) is 5.13 Å². The molecule has 0 atom stereocenters. The van der Waals surface area contributed by atoms with E-state index in [9.17, 15) is 0 Å². The summed E-state index contributed by atoms with van der Waals surface area (Å²) in [6, 6.07) is 3.33. The molecule has 2 aliphatic carbocycles. The first-order valence-corrected chi connectivity index (χ1v) is 10.9. The lowest BCUT2D eigenvalue weighted by atomic mass is 10.0. The maximum atomic E-state index is 4.62. The molecule has 2 saturated carbocycles. The number of hydrogen-bond acceptors (Lipinski definition) is 8. The van der Waals surface area contributed by atoms with E-state index >= 15 is 0 Å². The van der Waals surface area contributed by atoms with Gasteiger partial charge in [-0.25, -0.2) is 9.97 Å². The summed E-state index contributed by atoms with van der Waals surface area (Å²) in [6.45, 7) is 2.11. The zero-order valence-electron chi connectivity index (χ0n) is 16.1. The highest BCUT2D eigenvalue weighted by Crippen LogP contribution is 2.43. The molecule has 0 unspecified atom stereocenters. The minimum absolute atomic E-state index is 0.550. The molecule has 3 fully saturated rings. The Hall–Kier alpha value is -1.96. The summed E-state index contributed by atoms with van der Waals surface area (Å²) in [6.07, 6.45) is 9.15. The molecule has 5 rings (SSSR count). The molecular weight excluding hydrogens is 358 g/mol. The first-order chi connectivity index (χ1) is 13.2. The van der Waals surface area contributed by atoms with Crippen molar-refractivity contribution in [3.63, 3.8) is 0 Å². The second kappa shape index (κ2) is 6.89. The van der Waals surface area contributed by atoms with Crippen LogP contribution in [0.3, 0.4) is 0 Å². The summed E-state index contributed by atoms with van der Waals surface area (Å²) in [5.41, 5.74) is 0. The van der Waals surface area contributed by atoms with Crippen LogP contribution in [-0.4, -0.2) is 59.4 Å². The molecule has 0 radical (unpaired) electrons. The first kappa shape index (κ1) is 17.2. The lowest BCUT2D eigenvalue weighted by Crippen LogP contribution is -2.46. The third-order valence-electron chi connectivity index (χ3n) is 5.79. The highest BCUT2D eigenvalue weighted by atomic mass is 32.1.